The highest BCUT2D eigenvalue weighted by Crippen LogP contribution is 2.53. The number of Topliss-reactive ketones (excluding diaryl/α,β-unsaturated/α-hetero) is 1. The molecule has 4 rings (SSSR count). The smallest absolute Gasteiger partial charge is 0.231 e. The van der Waals surface area contributed by atoms with Crippen molar-refractivity contribution < 1.29 is 38.7 Å². The van der Waals surface area contributed by atoms with E-state index in [9.17, 15) is 15.0 Å². The van der Waals surface area contributed by atoms with Gasteiger partial charge in [-0.25, -0.2) is 0 Å². The van der Waals surface area contributed by atoms with Gasteiger partial charge in [-0.1, -0.05) is 0 Å². The Morgan fingerprint density at radius 3 is 2.21 bits per heavy atom. The predicted octanol–water partition coefficient (Wildman–Crippen LogP) is 2.58. The largest absolute Gasteiger partial charge is 0.502 e. The van der Waals surface area contributed by atoms with Crippen molar-refractivity contribution >= 4 is 5.78 Å². The third kappa shape index (κ3) is 3.00. The quantitative estimate of drug-likeness (QED) is 0.804. The molecule has 3 atom stereocenters. The summed E-state index contributed by atoms with van der Waals surface area (Å²) in [7, 11) is 2.85. The first kappa shape index (κ1) is 19.2. The van der Waals surface area contributed by atoms with Crippen LogP contribution in [0, 0.1) is 5.92 Å². The summed E-state index contributed by atoms with van der Waals surface area (Å²) in [4.78, 5) is 12.6. The standard InChI is InChI=1S/C21H22O8/c1-10(22)19-18(11-5-16(25-3)20(23)17(6-11)26-4)12-7-14-15(28-9-27-14)8-13(12)29-21(19,2)24/h5-8,18-19,23-24H,9H2,1-4H3/t18-,19-,21-/m1/s1. The molecule has 0 bridgehead atoms. The second kappa shape index (κ2) is 6.73. The highest BCUT2D eigenvalue weighted by Gasteiger charge is 2.50. The van der Waals surface area contributed by atoms with E-state index in [1.807, 2.05) is 0 Å². The van der Waals surface area contributed by atoms with Crippen LogP contribution in [-0.4, -0.2) is 42.8 Å². The zero-order chi connectivity index (χ0) is 20.9. The Balaban J connectivity index is 1.98. The van der Waals surface area contributed by atoms with Crippen molar-refractivity contribution in [2.45, 2.75) is 25.6 Å². The number of fused-ring (bicyclic) bond motifs is 2. The molecule has 29 heavy (non-hydrogen) atoms. The number of ketones is 1. The summed E-state index contributed by atoms with van der Waals surface area (Å²) in [6.07, 6.45) is 0. The summed E-state index contributed by atoms with van der Waals surface area (Å²) in [6.45, 7) is 2.94. The Kier molecular flexibility index (Phi) is 4.46. The fourth-order valence-corrected chi connectivity index (χ4v) is 4.12. The van der Waals surface area contributed by atoms with E-state index in [1.54, 1.807) is 24.3 Å². The van der Waals surface area contributed by atoms with Crippen LogP contribution in [-0.2, 0) is 4.79 Å². The van der Waals surface area contributed by atoms with Gasteiger partial charge < -0.3 is 33.9 Å². The molecule has 0 fully saturated rings. The maximum Gasteiger partial charge on any atom is 0.231 e. The van der Waals surface area contributed by atoms with Crippen molar-refractivity contribution in [3.63, 3.8) is 0 Å². The van der Waals surface area contributed by atoms with E-state index >= 15 is 0 Å². The molecule has 0 spiro atoms. The van der Waals surface area contributed by atoms with Gasteiger partial charge in [0.25, 0.3) is 0 Å². The summed E-state index contributed by atoms with van der Waals surface area (Å²) in [5.41, 5.74) is 1.26. The van der Waals surface area contributed by atoms with Crippen LogP contribution >= 0.6 is 0 Å². The molecule has 2 N–H and O–H groups in total. The molecule has 0 amide bonds. The van der Waals surface area contributed by atoms with Crippen LogP contribution in [0.15, 0.2) is 24.3 Å². The molecule has 0 unspecified atom stereocenters. The lowest BCUT2D eigenvalue weighted by Gasteiger charge is -2.42. The molecule has 2 aliphatic heterocycles. The van der Waals surface area contributed by atoms with Crippen LogP contribution in [0.5, 0.6) is 34.5 Å². The first-order valence-electron chi connectivity index (χ1n) is 9.07. The zero-order valence-corrected chi connectivity index (χ0v) is 16.5. The molecular weight excluding hydrogens is 380 g/mol. The average molecular weight is 402 g/mol. The Labute approximate surface area is 167 Å². The fraction of sp³-hybridized carbons (Fsp3) is 0.381. The van der Waals surface area contributed by atoms with Crippen molar-refractivity contribution in [1.82, 2.24) is 0 Å². The zero-order valence-electron chi connectivity index (χ0n) is 16.5. The highest BCUT2D eigenvalue weighted by molar-refractivity contribution is 5.82. The van der Waals surface area contributed by atoms with Crippen LogP contribution in [0.25, 0.3) is 0 Å². The third-order valence-electron chi connectivity index (χ3n) is 5.37. The molecule has 8 heteroatoms. The summed E-state index contributed by atoms with van der Waals surface area (Å²) in [5.74, 6) is -1.91. The minimum atomic E-state index is -1.77. The SMILES string of the molecule is COc1cc([C@@H]2c3cc4c(cc3O[C@@](C)(O)[C@@H]2C(C)=O)OCO4)cc(OC)c1O. The number of aromatic hydroxyl groups is 1. The topological polar surface area (TPSA) is 104 Å². The first-order chi connectivity index (χ1) is 13.8. The van der Waals surface area contributed by atoms with Gasteiger partial charge in [-0.3, -0.25) is 4.79 Å². The van der Waals surface area contributed by atoms with Gasteiger partial charge in [0, 0.05) is 24.5 Å². The molecule has 0 aromatic heterocycles. The normalized spacial score (nSPS) is 24.4. The van der Waals surface area contributed by atoms with Gasteiger partial charge in [0.15, 0.2) is 23.0 Å². The Hall–Kier alpha value is -3.13. The molecule has 2 aliphatic rings. The summed E-state index contributed by atoms with van der Waals surface area (Å²) in [6, 6.07) is 6.63. The highest BCUT2D eigenvalue weighted by atomic mass is 16.7. The van der Waals surface area contributed by atoms with Crippen molar-refractivity contribution in [2.75, 3.05) is 21.0 Å². The monoisotopic (exact) mass is 402 g/mol. The number of benzene rings is 2. The van der Waals surface area contributed by atoms with E-state index < -0.39 is 17.6 Å². The van der Waals surface area contributed by atoms with E-state index in [0.29, 0.717) is 28.4 Å². The maximum atomic E-state index is 12.6. The molecule has 2 heterocycles. The third-order valence-corrected chi connectivity index (χ3v) is 5.37. The maximum absolute atomic E-state index is 12.6. The number of carbonyl (C=O) groups is 1. The fourth-order valence-electron chi connectivity index (χ4n) is 4.12. The van der Waals surface area contributed by atoms with Gasteiger partial charge in [-0.15, -0.1) is 0 Å². The summed E-state index contributed by atoms with van der Waals surface area (Å²) < 4.78 is 27.2. The molecule has 8 nitrogen and oxygen atoms in total. The van der Waals surface area contributed by atoms with Crippen molar-refractivity contribution in [3.8, 4) is 34.5 Å². The van der Waals surface area contributed by atoms with E-state index in [-0.39, 0.29) is 29.8 Å². The molecule has 2 aromatic rings. The second-order valence-corrected chi connectivity index (χ2v) is 7.24. The molecule has 0 radical (unpaired) electrons. The summed E-state index contributed by atoms with van der Waals surface area (Å²) >= 11 is 0. The van der Waals surface area contributed by atoms with Gasteiger partial charge >= 0.3 is 0 Å². The van der Waals surface area contributed by atoms with Crippen LogP contribution in [0.3, 0.4) is 0 Å². The lowest BCUT2D eigenvalue weighted by molar-refractivity contribution is -0.181. The molecule has 0 aliphatic carbocycles. The number of rotatable bonds is 4. The van der Waals surface area contributed by atoms with E-state index in [0.717, 1.165) is 0 Å². The van der Waals surface area contributed by atoms with Gasteiger partial charge in [-0.05, 0) is 30.7 Å². The number of phenolic OH excluding ortho intramolecular Hbond substituents is 1. The first-order valence-corrected chi connectivity index (χ1v) is 9.07. The van der Waals surface area contributed by atoms with Gasteiger partial charge in [0.05, 0.1) is 20.1 Å². The Morgan fingerprint density at radius 2 is 1.66 bits per heavy atom. The van der Waals surface area contributed by atoms with E-state index in [4.69, 9.17) is 23.7 Å². The van der Waals surface area contributed by atoms with Gasteiger partial charge in [0.2, 0.25) is 18.3 Å². The molecule has 2 aromatic carbocycles. The minimum absolute atomic E-state index is 0.0796. The lowest BCUT2D eigenvalue weighted by Crippen LogP contribution is -2.50. The molecular formula is C21H22O8. The molecule has 154 valence electrons. The van der Waals surface area contributed by atoms with Crippen LogP contribution in [0.1, 0.15) is 30.9 Å². The van der Waals surface area contributed by atoms with E-state index in [2.05, 4.69) is 0 Å². The Morgan fingerprint density at radius 1 is 1.07 bits per heavy atom. The van der Waals surface area contributed by atoms with Crippen LogP contribution in [0.4, 0.5) is 0 Å². The van der Waals surface area contributed by atoms with Gasteiger partial charge in [-0.2, -0.15) is 0 Å². The number of carbonyl (C=O) groups excluding carboxylic acids is 1. The second-order valence-electron chi connectivity index (χ2n) is 7.24. The van der Waals surface area contributed by atoms with Gasteiger partial charge in [0.1, 0.15) is 11.5 Å². The molecule has 0 saturated carbocycles. The van der Waals surface area contributed by atoms with Crippen molar-refractivity contribution in [3.05, 3.63) is 35.4 Å². The molecule has 0 saturated heterocycles. The number of hydrogen-bond acceptors (Lipinski definition) is 8. The van der Waals surface area contributed by atoms with Crippen LogP contribution < -0.4 is 23.7 Å². The Bertz CT molecular complexity index is 956. The minimum Gasteiger partial charge on any atom is -0.502 e. The summed E-state index contributed by atoms with van der Waals surface area (Å²) in [5, 5.41) is 21.3. The van der Waals surface area contributed by atoms with Crippen molar-refractivity contribution in [1.29, 1.82) is 0 Å². The lowest BCUT2D eigenvalue weighted by atomic mass is 9.72. The predicted molar refractivity (Wildman–Crippen MR) is 101 cm³/mol. The van der Waals surface area contributed by atoms with Crippen LogP contribution in [0.2, 0.25) is 0 Å². The van der Waals surface area contributed by atoms with E-state index in [1.165, 1.54) is 28.1 Å². The number of ether oxygens (including phenoxy) is 5. The number of methoxy groups -OCH3 is 2. The number of phenols is 1. The average Bonchev–Trinajstić information content (AvgIpc) is 3.12. The van der Waals surface area contributed by atoms with Crippen molar-refractivity contribution in [2.24, 2.45) is 5.92 Å². The number of hydrogen-bond donors (Lipinski definition) is 2. The number of aliphatic hydroxyl groups is 1.